The Kier molecular flexibility index (Phi) is 5.04. The number of nitrogens with one attached hydrogen (secondary N) is 1. The fourth-order valence-corrected chi connectivity index (χ4v) is 2.84. The van der Waals surface area contributed by atoms with Gasteiger partial charge in [0.25, 0.3) is 0 Å². The standard InChI is InChI=1S/C15H23ClN2/c1-2-15(11-3-5-12(16)6-4-11)18-14-9-7-13(17)8-10-14/h3-6,13-15,18H,2,7-10,17H2,1H3. The number of nitrogens with two attached hydrogens (primary N) is 1. The minimum Gasteiger partial charge on any atom is -0.328 e. The highest BCUT2D eigenvalue weighted by molar-refractivity contribution is 6.30. The number of rotatable bonds is 4. The van der Waals surface area contributed by atoms with Gasteiger partial charge in [-0.15, -0.1) is 0 Å². The van der Waals surface area contributed by atoms with Crippen molar-refractivity contribution in [3.8, 4) is 0 Å². The van der Waals surface area contributed by atoms with E-state index >= 15 is 0 Å². The molecule has 2 nitrogen and oxygen atoms in total. The Bertz CT molecular complexity index is 355. The molecule has 2 rings (SSSR count). The van der Waals surface area contributed by atoms with Gasteiger partial charge < -0.3 is 11.1 Å². The van der Waals surface area contributed by atoms with Crippen molar-refractivity contribution < 1.29 is 0 Å². The van der Waals surface area contributed by atoms with Crippen molar-refractivity contribution in [2.24, 2.45) is 5.73 Å². The topological polar surface area (TPSA) is 38.0 Å². The number of halogens is 1. The third-order valence-electron chi connectivity index (χ3n) is 3.89. The molecule has 1 atom stereocenters. The molecule has 1 unspecified atom stereocenters. The van der Waals surface area contributed by atoms with Gasteiger partial charge in [0.2, 0.25) is 0 Å². The predicted octanol–water partition coefficient (Wildman–Crippen LogP) is 3.65. The smallest absolute Gasteiger partial charge is 0.0406 e. The molecule has 18 heavy (non-hydrogen) atoms. The Morgan fingerprint density at radius 3 is 2.39 bits per heavy atom. The van der Waals surface area contributed by atoms with Crippen LogP contribution in [0.3, 0.4) is 0 Å². The Hall–Kier alpha value is -0.570. The van der Waals surface area contributed by atoms with Gasteiger partial charge in [0.1, 0.15) is 0 Å². The molecule has 3 heteroatoms. The van der Waals surface area contributed by atoms with E-state index in [1.54, 1.807) is 0 Å². The normalized spacial score (nSPS) is 25.9. The van der Waals surface area contributed by atoms with Gasteiger partial charge in [0, 0.05) is 23.1 Å². The molecule has 0 bridgehead atoms. The lowest BCUT2D eigenvalue weighted by Crippen LogP contribution is -2.39. The first kappa shape index (κ1) is 13.9. The van der Waals surface area contributed by atoms with E-state index in [-0.39, 0.29) is 0 Å². The van der Waals surface area contributed by atoms with Crippen LogP contribution in [0.4, 0.5) is 0 Å². The van der Waals surface area contributed by atoms with Crippen molar-refractivity contribution in [1.82, 2.24) is 5.32 Å². The highest BCUT2D eigenvalue weighted by atomic mass is 35.5. The first-order valence-corrected chi connectivity index (χ1v) is 7.34. The Morgan fingerprint density at radius 2 is 1.83 bits per heavy atom. The molecule has 0 aliphatic heterocycles. The second-order valence-corrected chi connectivity index (χ2v) is 5.73. The molecule has 1 aliphatic carbocycles. The summed E-state index contributed by atoms with van der Waals surface area (Å²) >= 11 is 5.93. The molecule has 0 radical (unpaired) electrons. The van der Waals surface area contributed by atoms with Gasteiger partial charge in [-0.05, 0) is 49.8 Å². The van der Waals surface area contributed by atoms with Crippen LogP contribution in [0.2, 0.25) is 5.02 Å². The van der Waals surface area contributed by atoms with Crippen molar-refractivity contribution in [1.29, 1.82) is 0 Å². The Labute approximate surface area is 115 Å². The van der Waals surface area contributed by atoms with Gasteiger partial charge in [-0.1, -0.05) is 30.7 Å². The van der Waals surface area contributed by atoms with Gasteiger partial charge in [0.15, 0.2) is 0 Å². The van der Waals surface area contributed by atoms with E-state index in [9.17, 15) is 0 Å². The summed E-state index contributed by atoms with van der Waals surface area (Å²) in [5.41, 5.74) is 7.28. The van der Waals surface area contributed by atoms with Crippen LogP contribution in [0.25, 0.3) is 0 Å². The molecule has 0 heterocycles. The zero-order chi connectivity index (χ0) is 13.0. The molecule has 100 valence electrons. The second kappa shape index (κ2) is 6.55. The highest BCUT2D eigenvalue weighted by Gasteiger charge is 2.21. The largest absolute Gasteiger partial charge is 0.328 e. The zero-order valence-electron chi connectivity index (χ0n) is 11.0. The SMILES string of the molecule is CCC(NC1CCC(N)CC1)c1ccc(Cl)cc1. The van der Waals surface area contributed by atoms with Gasteiger partial charge in [-0.25, -0.2) is 0 Å². The van der Waals surface area contributed by atoms with Crippen molar-refractivity contribution in [2.75, 3.05) is 0 Å². The lowest BCUT2D eigenvalue weighted by Gasteiger charge is -2.30. The molecule has 0 aromatic heterocycles. The van der Waals surface area contributed by atoms with Crippen LogP contribution in [0.15, 0.2) is 24.3 Å². The van der Waals surface area contributed by atoms with E-state index in [2.05, 4.69) is 24.4 Å². The maximum absolute atomic E-state index is 5.95. The van der Waals surface area contributed by atoms with Crippen molar-refractivity contribution in [2.45, 2.75) is 57.2 Å². The molecular formula is C15H23ClN2. The average Bonchev–Trinajstić information content (AvgIpc) is 2.39. The fraction of sp³-hybridized carbons (Fsp3) is 0.600. The van der Waals surface area contributed by atoms with Crippen LogP contribution >= 0.6 is 11.6 Å². The molecule has 0 spiro atoms. The first-order valence-electron chi connectivity index (χ1n) is 6.96. The van der Waals surface area contributed by atoms with Crippen LogP contribution in [-0.2, 0) is 0 Å². The summed E-state index contributed by atoms with van der Waals surface area (Å²) in [4.78, 5) is 0. The zero-order valence-corrected chi connectivity index (χ0v) is 11.8. The van der Waals surface area contributed by atoms with Crippen molar-refractivity contribution >= 4 is 11.6 Å². The molecule has 1 aromatic rings. The van der Waals surface area contributed by atoms with Crippen LogP contribution in [0.1, 0.15) is 50.6 Å². The lowest BCUT2D eigenvalue weighted by atomic mass is 9.90. The predicted molar refractivity (Wildman–Crippen MR) is 77.9 cm³/mol. The van der Waals surface area contributed by atoms with Crippen LogP contribution in [-0.4, -0.2) is 12.1 Å². The Morgan fingerprint density at radius 1 is 1.22 bits per heavy atom. The molecule has 0 amide bonds. The quantitative estimate of drug-likeness (QED) is 0.873. The van der Waals surface area contributed by atoms with Gasteiger partial charge >= 0.3 is 0 Å². The molecule has 1 fully saturated rings. The summed E-state index contributed by atoms with van der Waals surface area (Å²) in [5.74, 6) is 0. The minimum atomic E-state index is 0.415. The van der Waals surface area contributed by atoms with Gasteiger partial charge in [-0.2, -0.15) is 0 Å². The van der Waals surface area contributed by atoms with Crippen molar-refractivity contribution in [3.05, 3.63) is 34.9 Å². The molecule has 0 saturated heterocycles. The summed E-state index contributed by atoms with van der Waals surface area (Å²) in [6, 6.07) is 9.65. The van der Waals surface area contributed by atoms with E-state index in [4.69, 9.17) is 17.3 Å². The maximum Gasteiger partial charge on any atom is 0.0406 e. The van der Waals surface area contributed by atoms with Crippen LogP contribution in [0.5, 0.6) is 0 Å². The molecule has 3 N–H and O–H groups in total. The summed E-state index contributed by atoms with van der Waals surface area (Å²) in [6.45, 7) is 2.22. The maximum atomic E-state index is 5.95. The fourth-order valence-electron chi connectivity index (χ4n) is 2.72. The van der Waals surface area contributed by atoms with E-state index in [1.807, 2.05) is 12.1 Å². The highest BCUT2D eigenvalue weighted by Crippen LogP contribution is 2.24. The minimum absolute atomic E-state index is 0.415. The van der Waals surface area contributed by atoms with E-state index < -0.39 is 0 Å². The van der Waals surface area contributed by atoms with Gasteiger partial charge in [-0.3, -0.25) is 0 Å². The lowest BCUT2D eigenvalue weighted by molar-refractivity contribution is 0.312. The summed E-state index contributed by atoms with van der Waals surface area (Å²) in [6.07, 6.45) is 5.80. The van der Waals surface area contributed by atoms with E-state index in [0.717, 1.165) is 24.3 Å². The molecular weight excluding hydrogens is 244 g/mol. The number of hydrogen-bond acceptors (Lipinski definition) is 2. The average molecular weight is 267 g/mol. The molecule has 1 aliphatic rings. The summed E-state index contributed by atoms with van der Waals surface area (Å²) in [5, 5.41) is 4.57. The van der Waals surface area contributed by atoms with Crippen molar-refractivity contribution in [3.63, 3.8) is 0 Å². The molecule has 1 aromatic carbocycles. The monoisotopic (exact) mass is 266 g/mol. The van der Waals surface area contributed by atoms with E-state index in [0.29, 0.717) is 18.1 Å². The third-order valence-corrected chi connectivity index (χ3v) is 4.14. The number of benzene rings is 1. The summed E-state index contributed by atoms with van der Waals surface area (Å²) < 4.78 is 0. The first-order chi connectivity index (χ1) is 8.69. The Balaban J connectivity index is 1.94. The second-order valence-electron chi connectivity index (χ2n) is 5.29. The van der Waals surface area contributed by atoms with Crippen LogP contribution < -0.4 is 11.1 Å². The molecule has 1 saturated carbocycles. The van der Waals surface area contributed by atoms with Gasteiger partial charge in [0.05, 0.1) is 0 Å². The number of hydrogen-bond donors (Lipinski definition) is 2. The van der Waals surface area contributed by atoms with E-state index in [1.165, 1.54) is 18.4 Å². The summed E-state index contributed by atoms with van der Waals surface area (Å²) in [7, 11) is 0. The van der Waals surface area contributed by atoms with Crippen LogP contribution in [0, 0.1) is 0 Å². The third kappa shape index (κ3) is 3.71.